The Morgan fingerprint density at radius 1 is 1.03 bits per heavy atom. The fraction of sp³-hybridized carbons (Fsp3) is 0.136. The van der Waals surface area contributed by atoms with Crippen LogP contribution in [0.5, 0.6) is 11.5 Å². The number of methoxy groups -OCH3 is 2. The van der Waals surface area contributed by atoms with Crippen molar-refractivity contribution in [3.8, 4) is 11.5 Å². The van der Waals surface area contributed by atoms with Crippen molar-refractivity contribution in [3.05, 3.63) is 78.1 Å². The normalized spacial score (nSPS) is 10.7. The molecule has 0 unspecified atom stereocenters. The number of rotatable bonds is 6. The Labute approximate surface area is 172 Å². The molecule has 2 heterocycles. The number of pyridine rings is 1. The summed E-state index contributed by atoms with van der Waals surface area (Å²) in [7, 11) is 3.11. The summed E-state index contributed by atoms with van der Waals surface area (Å²) in [6.07, 6.45) is 1.71. The van der Waals surface area contributed by atoms with Gasteiger partial charge in [0, 0.05) is 6.20 Å². The number of nitrogens with zero attached hydrogens (tertiary/aromatic N) is 3. The van der Waals surface area contributed by atoms with E-state index < -0.39 is 0 Å². The number of aromatic nitrogens is 2. The van der Waals surface area contributed by atoms with Crippen molar-refractivity contribution >= 4 is 32.6 Å². The van der Waals surface area contributed by atoms with Crippen molar-refractivity contribution in [1.82, 2.24) is 9.97 Å². The van der Waals surface area contributed by atoms with E-state index in [2.05, 4.69) is 9.97 Å². The fourth-order valence-electron chi connectivity index (χ4n) is 2.98. The summed E-state index contributed by atoms with van der Waals surface area (Å²) in [4.78, 5) is 24.3. The fourth-order valence-corrected chi connectivity index (χ4v) is 3.95. The highest BCUT2D eigenvalue weighted by atomic mass is 32.1. The molecule has 0 radical (unpaired) electrons. The Morgan fingerprint density at radius 3 is 2.59 bits per heavy atom. The number of fused-ring (bicyclic) bond motifs is 1. The zero-order valence-corrected chi connectivity index (χ0v) is 16.8. The van der Waals surface area contributed by atoms with E-state index in [4.69, 9.17) is 9.47 Å². The molecule has 2 aromatic heterocycles. The highest BCUT2D eigenvalue weighted by Gasteiger charge is 2.25. The monoisotopic (exact) mass is 405 g/mol. The Morgan fingerprint density at radius 2 is 1.86 bits per heavy atom. The predicted molar refractivity (Wildman–Crippen MR) is 114 cm³/mol. The van der Waals surface area contributed by atoms with Crippen molar-refractivity contribution in [2.45, 2.75) is 6.54 Å². The first-order valence-corrected chi connectivity index (χ1v) is 9.80. The van der Waals surface area contributed by atoms with E-state index >= 15 is 0 Å². The maximum atomic E-state index is 13.6. The first kappa shape index (κ1) is 18.9. The first-order valence-electron chi connectivity index (χ1n) is 8.99. The Balaban J connectivity index is 1.80. The standard InChI is InChI=1S/C22H19N3O3S/c1-27-16-10-11-19(28-2)17(13-16)21(26)25(14-15-7-5-6-12-23-15)22-24-18-8-3-4-9-20(18)29-22/h3-13H,14H2,1-2H3. The van der Waals surface area contributed by atoms with E-state index in [1.54, 1.807) is 43.5 Å². The van der Waals surface area contributed by atoms with E-state index in [1.807, 2.05) is 42.5 Å². The molecular formula is C22H19N3O3S. The van der Waals surface area contributed by atoms with Gasteiger partial charge in [-0.25, -0.2) is 4.98 Å². The molecule has 0 atom stereocenters. The van der Waals surface area contributed by atoms with Crippen molar-refractivity contribution < 1.29 is 14.3 Å². The zero-order chi connectivity index (χ0) is 20.2. The number of amides is 1. The van der Waals surface area contributed by atoms with Gasteiger partial charge in [-0.15, -0.1) is 0 Å². The van der Waals surface area contributed by atoms with Crippen molar-refractivity contribution in [1.29, 1.82) is 0 Å². The second-order valence-corrected chi connectivity index (χ2v) is 7.25. The average molecular weight is 405 g/mol. The van der Waals surface area contributed by atoms with Crippen LogP contribution in [0.25, 0.3) is 10.2 Å². The van der Waals surface area contributed by atoms with Crippen molar-refractivity contribution in [2.75, 3.05) is 19.1 Å². The largest absolute Gasteiger partial charge is 0.497 e. The van der Waals surface area contributed by atoms with Gasteiger partial charge in [-0.2, -0.15) is 0 Å². The predicted octanol–water partition coefficient (Wildman–Crippen LogP) is 4.56. The number of carbonyl (C=O) groups is 1. The number of ether oxygens (including phenoxy) is 2. The molecule has 7 heteroatoms. The summed E-state index contributed by atoms with van der Waals surface area (Å²) >= 11 is 1.47. The van der Waals surface area contributed by atoms with Crippen LogP contribution in [-0.2, 0) is 6.54 Å². The topological polar surface area (TPSA) is 64.6 Å². The zero-order valence-electron chi connectivity index (χ0n) is 16.0. The number of benzene rings is 2. The average Bonchev–Trinajstić information content (AvgIpc) is 3.21. The maximum absolute atomic E-state index is 13.6. The molecule has 0 aliphatic rings. The minimum Gasteiger partial charge on any atom is -0.497 e. The van der Waals surface area contributed by atoms with E-state index in [0.29, 0.717) is 28.7 Å². The summed E-state index contributed by atoms with van der Waals surface area (Å²) in [6, 6.07) is 18.6. The summed E-state index contributed by atoms with van der Waals surface area (Å²) in [5.74, 6) is 0.824. The van der Waals surface area contributed by atoms with Crippen LogP contribution in [0.4, 0.5) is 5.13 Å². The lowest BCUT2D eigenvalue weighted by atomic mass is 10.1. The molecule has 2 aromatic carbocycles. The van der Waals surface area contributed by atoms with Gasteiger partial charge in [0.2, 0.25) is 0 Å². The molecule has 146 valence electrons. The SMILES string of the molecule is COc1ccc(OC)c(C(=O)N(Cc2ccccn2)c2nc3ccccc3s2)c1. The lowest BCUT2D eigenvalue weighted by Gasteiger charge is -2.21. The lowest BCUT2D eigenvalue weighted by molar-refractivity contribution is 0.0981. The molecule has 0 aliphatic heterocycles. The minimum absolute atomic E-state index is 0.231. The molecule has 0 bridgehead atoms. The number of anilines is 1. The van der Waals surface area contributed by atoms with Crippen LogP contribution in [0.3, 0.4) is 0 Å². The smallest absolute Gasteiger partial charge is 0.264 e. The first-order chi connectivity index (χ1) is 14.2. The molecule has 0 saturated heterocycles. The highest BCUT2D eigenvalue weighted by molar-refractivity contribution is 7.22. The molecule has 0 aliphatic carbocycles. The number of thiazole rings is 1. The van der Waals surface area contributed by atoms with E-state index in [-0.39, 0.29) is 5.91 Å². The van der Waals surface area contributed by atoms with Gasteiger partial charge in [0.05, 0.1) is 42.2 Å². The molecular weight excluding hydrogens is 386 g/mol. The number of hydrogen-bond acceptors (Lipinski definition) is 6. The van der Waals surface area contributed by atoms with Crippen molar-refractivity contribution in [3.63, 3.8) is 0 Å². The Bertz CT molecular complexity index is 1110. The van der Waals surface area contributed by atoms with Gasteiger partial charge in [-0.05, 0) is 42.5 Å². The van der Waals surface area contributed by atoms with Crippen LogP contribution in [0, 0.1) is 0 Å². The molecule has 0 N–H and O–H groups in total. The molecule has 4 aromatic rings. The van der Waals surface area contributed by atoms with Gasteiger partial charge in [0.1, 0.15) is 11.5 Å². The van der Waals surface area contributed by atoms with E-state index in [1.165, 1.54) is 11.3 Å². The molecule has 29 heavy (non-hydrogen) atoms. The minimum atomic E-state index is -0.231. The van der Waals surface area contributed by atoms with Gasteiger partial charge in [0.15, 0.2) is 5.13 Å². The van der Waals surface area contributed by atoms with Gasteiger partial charge >= 0.3 is 0 Å². The lowest BCUT2D eigenvalue weighted by Crippen LogP contribution is -2.31. The van der Waals surface area contributed by atoms with Gasteiger partial charge in [-0.3, -0.25) is 14.7 Å². The van der Waals surface area contributed by atoms with E-state index in [0.717, 1.165) is 15.9 Å². The van der Waals surface area contributed by atoms with E-state index in [9.17, 15) is 4.79 Å². The van der Waals surface area contributed by atoms with Crippen LogP contribution in [-0.4, -0.2) is 30.1 Å². The van der Waals surface area contributed by atoms with Crippen LogP contribution in [0.15, 0.2) is 66.9 Å². The van der Waals surface area contributed by atoms with Crippen LogP contribution in [0.2, 0.25) is 0 Å². The van der Waals surface area contributed by atoms with Gasteiger partial charge < -0.3 is 9.47 Å². The Hall–Kier alpha value is -3.45. The van der Waals surface area contributed by atoms with Gasteiger partial charge in [0.25, 0.3) is 5.91 Å². The van der Waals surface area contributed by atoms with Crippen LogP contribution < -0.4 is 14.4 Å². The summed E-state index contributed by atoms with van der Waals surface area (Å²) in [5.41, 5.74) is 2.02. The maximum Gasteiger partial charge on any atom is 0.264 e. The summed E-state index contributed by atoms with van der Waals surface area (Å²) in [5, 5.41) is 0.603. The van der Waals surface area contributed by atoms with Gasteiger partial charge in [-0.1, -0.05) is 29.5 Å². The van der Waals surface area contributed by atoms with Crippen LogP contribution >= 0.6 is 11.3 Å². The second-order valence-electron chi connectivity index (χ2n) is 6.24. The molecule has 1 amide bonds. The van der Waals surface area contributed by atoms with Crippen molar-refractivity contribution in [2.24, 2.45) is 0 Å². The quantitative estimate of drug-likeness (QED) is 0.471. The second kappa shape index (κ2) is 8.28. The van der Waals surface area contributed by atoms with Crippen LogP contribution in [0.1, 0.15) is 16.1 Å². The Kier molecular flexibility index (Phi) is 5.39. The third-order valence-corrected chi connectivity index (χ3v) is 5.50. The molecule has 6 nitrogen and oxygen atoms in total. The highest BCUT2D eigenvalue weighted by Crippen LogP contribution is 2.33. The molecule has 0 fully saturated rings. The molecule has 0 saturated carbocycles. The third-order valence-electron chi connectivity index (χ3n) is 4.44. The number of carbonyl (C=O) groups excluding carboxylic acids is 1. The number of para-hydroxylation sites is 1. The summed E-state index contributed by atoms with van der Waals surface area (Å²) in [6.45, 7) is 0.292. The molecule has 0 spiro atoms. The molecule has 4 rings (SSSR count). The number of hydrogen-bond donors (Lipinski definition) is 0. The summed E-state index contributed by atoms with van der Waals surface area (Å²) < 4.78 is 11.7. The third kappa shape index (κ3) is 3.90.